The molecule has 2 heterocycles. The largest absolute Gasteiger partial charge is 0.452 e. The van der Waals surface area contributed by atoms with Gasteiger partial charge in [-0.25, -0.2) is 4.79 Å². The topological polar surface area (TPSA) is 96.0 Å². The summed E-state index contributed by atoms with van der Waals surface area (Å²) in [6.45, 7) is 1.56. The number of nitrogens with one attached hydrogen (secondary N) is 1. The Morgan fingerprint density at radius 1 is 1.26 bits per heavy atom. The van der Waals surface area contributed by atoms with Gasteiger partial charge in [0.2, 0.25) is 11.6 Å². The van der Waals surface area contributed by atoms with E-state index in [0.717, 1.165) is 12.8 Å². The zero-order valence-electron chi connectivity index (χ0n) is 15.1. The molecule has 1 aromatic rings. The van der Waals surface area contributed by atoms with Crippen LogP contribution in [0.15, 0.2) is 24.3 Å². The van der Waals surface area contributed by atoms with Crippen molar-refractivity contribution in [3.05, 3.63) is 29.8 Å². The first-order valence-corrected chi connectivity index (χ1v) is 9.19. The summed E-state index contributed by atoms with van der Waals surface area (Å²) in [4.78, 5) is 53.4. The average Bonchev–Trinajstić information content (AvgIpc) is 3.41. The van der Waals surface area contributed by atoms with Crippen LogP contribution in [0, 0.1) is 0 Å². The van der Waals surface area contributed by atoms with Crippen LogP contribution in [-0.2, 0) is 19.1 Å². The van der Waals surface area contributed by atoms with Crippen LogP contribution in [0.4, 0.5) is 5.69 Å². The molecule has 8 nitrogen and oxygen atoms in total. The van der Waals surface area contributed by atoms with E-state index in [1.54, 1.807) is 31.2 Å². The molecule has 3 amide bonds. The van der Waals surface area contributed by atoms with Crippen LogP contribution < -0.4 is 10.2 Å². The lowest BCUT2D eigenvalue weighted by Gasteiger charge is -2.47. The number of amides is 3. The molecule has 1 saturated carbocycles. The Labute approximate surface area is 156 Å². The number of nitrogens with zero attached hydrogens (tertiary/aromatic N) is 2. The second kappa shape index (κ2) is 6.37. The van der Waals surface area contributed by atoms with Crippen molar-refractivity contribution in [2.24, 2.45) is 0 Å². The zero-order valence-corrected chi connectivity index (χ0v) is 15.1. The van der Waals surface area contributed by atoms with Gasteiger partial charge >= 0.3 is 5.97 Å². The molecular weight excluding hydrogens is 350 g/mol. The van der Waals surface area contributed by atoms with Crippen LogP contribution in [0.3, 0.4) is 0 Å². The van der Waals surface area contributed by atoms with Crippen molar-refractivity contribution in [2.45, 2.75) is 44.3 Å². The third-order valence-corrected chi connectivity index (χ3v) is 5.29. The summed E-state index contributed by atoms with van der Waals surface area (Å²) < 4.78 is 5.28. The van der Waals surface area contributed by atoms with Crippen molar-refractivity contribution in [3.8, 4) is 0 Å². The molecule has 2 aliphatic heterocycles. The lowest BCUT2D eigenvalue weighted by molar-refractivity contribution is -0.160. The Balaban J connectivity index is 1.67. The van der Waals surface area contributed by atoms with Crippen LogP contribution in [-0.4, -0.2) is 53.4 Å². The number of hydrogen-bond acceptors (Lipinski definition) is 5. The molecule has 1 atom stereocenters. The van der Waals surface area contributed by atoms with E-state index in [1.165, 1.54) is 9.80 Å². The highest BCUT2D eigenvalue weighted by molar-refractivity contribution is 6.15. The molecular formula is C19H21N3O5. The lowest BCUT2D eigenvalue weighted by Crippen LogP contribution is -2.68. The van der Waals surface area contributed by atoms with E-state index in [2.05, 4.69) is 5.32 Å². The van der Waals surface area contributed by atoms with Gasteiger partial charge in [0, 0.05) is 25.4 Å². The Hall–Kier alpha value is -2.90. The molecule has 142 valence electrons. The maximum Gasteiger partial charge on any atom is 0.354 e. The summed E-state index contributed by atoms with van der Waals surface area (Å²) in [7, 11) is 0. The van der Waals surface area contributed by atoms with Gasteiger partial charge in [-0.15, -0.1) is 0 Å². The van der Waals surface area contributed by atoms with Crippen molar-refractivity contribution in [1.29, 1.82) is 0 Å². The van der Waals surface area contributed by atoms with Gasteiger partial charge in [0.05, 0.1) is 11.3 Å². The van der Waals surface area contributed by atoms with Crippen LogP contribution in [0.1, 0.15) is 43.0 Å². The number of carbonyl (C=O) groups is 4. The molecule has 1 saturated heterocycles. The van der Waals surface area contributed by atoms with Crippen molar-refractivity contribution >= 4 is 29.4 Å². The Kier molecular flexibility index (Phi) is 4.13. The highest BCUT2D eigenvalue weighted by atomic mass is 16.5. The van der Waals surface area contributed by atoms with E-state index >= 15 is 0 Å². The van der Waals surface area contributed by atoms with Crippen LogP contribution in [0.2, 0.25) is 0 Å². The van der Waals surface area contributed by atoms with E-state index in [-0.39, 0.29) is 43.1 Å². The highest BCUT2D eigenvalue weighted by Gasteiger charge is 2.61. The Morgan fingerprint density at radius 2 is 2.00 bits per heavy atom. The quantitative estimate of drug-likeness (QED) is 0.773. The average molecular weight is 371 g/mol. The van der Waals surface area contributed by atoms with Crippen molar-refractivity contribution in [3.63, 3.8) is 0 Å². The van der Waals surface area contributed by atoms with Crippen molar-refractivity contribution < 1.29 is 23.9 Å². The standard InChI is InChI=1S/C19H21N3O5/c1-2-21-17(25)13-5-3-4-6-14(13)22-16(24)9-10-19(21,22)18(26)27-11-15(23)20-12-7-8-12/h3-6,12H,2,7-11H2,1H3,(H,20,23)/t19-/m0/s1. The fraction of sp³-hybridized carbons (Fsp3) is 0.474. The molecule has 1 aliphatic carbocycles. The molecule has 2 fully saturated rings. The zero-order chi connectivity index (χ0) is 19.2. The molecule has 1 aromatic carbocycles. The molecule has 3 aliphatic rings. The molecule has 1 N–H and O–H groups in total. The van der Waals surface area contributed by atoms with Gasteiger partial charge in [-0.3, -0.25) is 19.3 Å². The fourth-order valence-corrected chi connectivity index (χ4v) is 3.92. The smallest absolute Gasteiger partial charge is 0.354 e. The highest BCUT2D eigenvalue weighted by Crippen LogP contribution is 2.44. The lowest BCUT2D eigenvalue weighted by atomic mass is 9.96. The summed E-state index contributed by atoms with van der Waals surface area (Å²) >= 11 is 0. The van der Waals surface area contributed by atoms with E-state index in [4.69, 9.17) is 4.74 Å². The number of hydrogen-bond donors (Lipinski definition) is 1. The van der Waals surface area contributed by atoms with Crippen molar-refractivity contribution in [1.82, 2.24) is 10.2 Å². The van der Waals surface area contributed by atoms with E-state index in [1.807, 2.05) is 0 Å². The summed E-state index contributed by atoms with van der Waals surface area (Å²) in [5.41, 5.74) is -0.740. The molecule has 0 spiro atoms. The SMILES string of the molecule is CCN1C(=O)c2ccccc2N2C(=O)CC[C@]12C(=O)OCC(=O)NC1CC1. The van der Waals surface area contributed by atoms with Gasteiger partial charge in [0.25, 0.3) is 11.8 Å². The van der Waals surface area contributed by atoms with E-state index in [0.29, 0.717) is 11.3 Å². The molecule has 0 bridgehead atoms. The maximum absolute atomic E-state index is 13.1. The first-order valence-electron chi connectivity index (χ1n) is 9.19. The normalized spacial score (nSPS) is 23.7. The van der Waals surface area contributed by atoms with Gasteiger partial charge in [-0.1, -0.05) is 12.1 Å². The molecule has 0 radical (unpaired) electrons. The van der Waals surface area contributed by atoms with E-state index in [9.17, 15) is 19.2 Å². The molecule has 0 unspecified atom stereocenters. The van der Waals surface area contributed by atoms with Gasteiger partial charge in [0.1, 0.15) is 0 Å². The van der Waals surface area contributed by atoms with Gasteiger partial charge in [-0.05, 0) is 31.9 Å². The third kappa shape index (κ3) is 2.67. The number of benzene rings is 1. The summed E-state index contributed by atoms with van der Waals surface area (Å²) in [6.07, 6.45) is 2.13. The number of esters is 1. The minimum Gasteiger partial charge on any atom is -0.452 e. The number of anilines is 1. The third-order valence-electron chi connectivity index (χ3n) is 5.29. The Bertz CT molecular complexity index is 834. The Morgan fingerprint density at radius 3 is 2.70 bits per heavy atom. The van der Waals surface area contributed by atoms with Crippen LogP contribution >= 0.6 is 0 Å². The second-order valence-corrected chi connectivity index (χ2v) is 7.03. The summed E-state index contributed by atoms with van der Waals surface area (Å²) in [6, 6.07) is 6.90. The van der Waals surface area contributed by atoms with Crippen LogP contribution in [0.25, 0.3) is 0 Å². The summed E-state index contributed by atoms with van der Waals surface area (Å²) in [5.74, 6) is -1.68. The van der Waals surface area contributed by atoms with E-state index < -0.39 is 18.2 Å². The van der Waals surface area contributed by atoms with Gasteiger partial charge in [-0.2, -0.15) is 0 Å². The predicted octanol–water partition coefficient (Wildman–Crippen LogP) is 0.807. The minimum absolute atomic E-state index is 0.126. The van der Waals surface area contributed by atoms with Gasteiger partial charge < -0.3 is 15.0 Å². The van der Waals surface area contributed by atoms with Crippen molar-refractivity contribution in [2.75, 3.05) is 18.1 Å². The number of ether oxygens (including phenoxy) is 1. The molecule has 0 aromatic heterocycles. The molecule has 27 heavy (non-hydrogen) atoms. The molecule has 8 heteroatoms. The predicted molar refractivity (Wildman–Crippen MR) is 94.7 cm³/mol. The number of likely N-dealkylation sites (N-methyl/N-ethyl adjacent to an activating group) is 1. The number of rotatable bonds is 5. The monoisotopic (exact) mass is 371 g/mol. The number of fused-ring (bicyclic) bond motifs is 3. The minimum atomic E-state index is -1.53. The van der Waals surface area contributed by atoms with Crippen LogP contribution in [0.5, 0.6) is 0 Å². The number of carbonyl (C=O) groups excluding carboxylic acids is 4. The fourth-order valence-electron chi connectivity index (χ4n) is 3.92. The first-order chi connectivity index (χ1) is 13.0. The first kappa shape index (κ1) is 17.5. The maximum atomic E-state index is 13.1. The second-order valence-electron chi connectivity index (χ2n) is 7.03. The summed E-state index contributed by atoms with van der Waals surface area (Å²) in [5, 5.41) is 2.75. The van der Waals surface area contributed by atoms with Gasteiger partial charge in [0.15, 0.2) is 6.61 Å². The number of para-hydroxylation sites is 1. The molecule has 4 rings (SSSR count).